The molecule has 0 radical (unpaired) electrons. The molecule has 12 heteroatoms. The minimum absolute atomic E-state index is 0.201. The van der Waals surface area contributed by atoms with Crippen LogP contribution >= 0.6 is 0 Å². The lowest BCUT2D eigenvalue weighted by Crippen LogP contribution is -2.48. The van der Waals surface area contributed by atoms with Crippen molar-refractivity contribution in [2.24, 2.45) is 5.92 Å². The fourth-order valence-electron chi connectivity index (χ4n) is 6.19. The predicted molar refractivity (Wildman–Crippen MR) is 202 cm³/mol. The number of ether oxygens (including phenoxy) is 2. The van der Waals surface area contributed by atoms with E-state index in [-0.39, 0.29) is 49.2 Å². The number of amides is 5. The van der Waals surface area contributed by atoms with Crippen molar-refractivity contribution in [3.8, 4) is 5.75 Å². The monoisotopic (exact) mass is 713 g/mol. The molecule has 0 saturated heterocycles. The Morgan fingerprint density at radius 1 is 0.962 bits per heavy atom. The number of fused-ring (bicyclic) bond motifs is 2. The van der Waals surface area contributed by atoms with Gasteiger partial charge in [-0.05, 0) is 87.0 Å². The molecule has 4 N–H and O–H groups in total. The van der Waals surface area contributed by atoms with Crippen LogP contribution in [-0.2, 0) is 4.74 Å². The van der Waals surface area contributed by atoms with Gasteiger partial charge < -0.3 is 40.3 Å². The summed E-state index contributed by atoms with van der Waals surface area (Å²) in [6.45, 7) is 6.23. The van der Waals surface area contributed by atoms with Gasteiger partial charge in [-0.3, -0.25) is 4.79 Å². The number of likely N-dealkylation sites (N-methyl/N-ethyl adjacent to an activating group) is 1. The van der Waals surface area contributed by atoms with Crippen LogP contribution in [0.4, 0.5) is 31.0 Å². The summed E-state index contributed by atoms with van der Waals surface area (Å²) in [5, 5.41) is 20.7. The van der Waals surface area contributed by atoms with E-state index in [4.69, 9.17) is 9.47 Å². The molecule has 4 aromatic rings. The van der Waals surface area contributed by atoms with Crippen LogP contribution in [0, 0.1) is 11.7 Å². The molecule has 52 heavy (non-hydrogen) atoms. The number of carbonyl (C=O) groups excluding carboxylic acids is 3. The van der Waals surface area contributed by atoms with Gasteiger partial charge >= 0.3 is 12.1 Å². The van der Waals surface area contributed by atoms with Crippen LogP contribution in [0.25, 0.3) is 10.8 Å². The summed E-state index contributed by atoms with van der Waals surface area (Å²) in [6, 6.07) is 22.5. The molecule has 0 aromatic heterocycles. The number of urea groups is 2. The van der Waals surface area contributed by atoms with E-state index < -0.39 is 24.0 Å². The van der Waals surface area contributed by atoms with Crippen molar-refractivity contribution in [3.05, 3.63) is 96.3 Å². The fraction of sp³-hybridized carbons (Fsp3) is 0.375. The summed E-state index contributed by atoms with van der Waals surface area (Å²) in [4.78, 5) is 43.8. The minimum atomic E-state index is -0.570. The van der Waals surface area contributed by atoms with Gasteiger partial charge in [0.05, 0.1) is 36.1 Å². The first kappa shape index (κ1) is 38.0. The molecule has 11 nitrogen and oxygen atoms in total. The van der Waals surface area contributed by atoms with Crippen LogP contribution in [0.2, 0.25) is 0 Å². The standard InChI is InChI=1S/C40H48FN5O6/c1-26-23-46(27(2)25-47)38(48)34-22-32(42-39(49)44-35-14-9-12-29-11-5-6-13-33(29)35)19-20-36(34)52-28(3)10-7-8-21-51-37(26)24-45(4)40(50)43-31-17-15-30(41)16-18-31/h5-6,9,11-20,22,26-28,37,47H,7-8,10,21,23-25H2,1-4H3,(H,43,50)(H2,42,44,49)/t26-,27+,28-,37+/m1/s1. The third kappa shape index (κ3) is 9.98. The van der Waals surface area contributed by atoms with Gasteiger partial charge in [0.25, 0.3) is 5.91 Å². The molecule has 5 rings (SSSR count). The normalized spacial score (nSPS) is 19.1. The van der Waals surface area contributed by atoms with Crippen LogP contribution in [0.15, 0.2) is 84.9 Å². The van der Waals surface area contributed by atoms with E-state index in [1.54, 1.807) is 37.1 Å². The van der Waals surface area contributed by atoms with Crippen LogP contribution in [0.1, 0.15) is 50.4 Å². The number of aliphatic hydroxyl groups excluding tert-OH is 1. The third-order valence-electron chi connectivity index (χ3n) is 9.24. The second-order valence-corrected chi connectivity index (χ2v) is 13.4. The highest BCUT2D eigenvalue weighted by Crippen LogP contribution is 2.29. The highest BCUT2D eigenvalue weighted by molar-refractivity contribution is 6.07. The van der Waals surface area contributed by atoms with E-state index in [9.17, 15) is 23.9 Å². The maximum absolute atomic E-state index is 14.5. The van der Waals surface area contributed by atoms with Gasteiger partial charge in [-0.2, -0.15) is 0 Å². The molecule has 4 atom stereocenters. The Morgan fingerprint density at radius 2 is 1.69 bits per heavy atom. The van der Waals surface area contributed by atoms with E-state index >= 15 is 0 Å². The number of nitrogens with one attached hydrogen (secondary N) is 3. The van der Waals surface area contributed by atoms with Crippen molar-refractivity contribution in [1.29, 1.82) is 0 Å². The molecule has 0 fully saturated rings. The number of anilines is 3. The van der Waals surface area contributed by atoms with Gasteiger partial charge in [0, 0.05) is 49.4 Å². The largest absolute Gasteiger partial charge is 0.490 e. The van der Waals surface area contributed by atoms with Gasteiger partial charge in [0.15, 0.2) is 0 Å². The molecule has 1 heterocycles. The number of aliphatic hydroxyl groups is 1. The van der Waals surface area contributed by atoms with E-state index in [2.05, 4.69) is 16.0 Å². The van der Waals surface area contributed by atoms with Crippen molar-refractivity contribution in [3.63, 3.8) is 0 Å². The summed E-state index contributed by atoms with van der Waals surface area (Å²) in [5.41, 5.74) is 1.74. The van der Waals surface area contributed by atoms with Gasteiger partial charge in [0.1, 0.15) is 11.6 Å². The number of carbonyl (C=O) groups is 3. The highest BCUT2D eigenvalue weighted by atomic mass is 19.1. The van der Waals surface area contributed by atoms with Gasteiger partial charge in [-0.1, -0.05) is 43.3 Å². The quantitative estimate of drug-likeness (QED) is 0.156. The van der Waals surface area contributed by atoms with Crippen molar-refractivity contribution in [2.75, 3.05) is 49.3 Å². The Labute approximate surface area is 304 Å². The van der Waals surface area contributed by atoms with E-state index in [1.165, 1.54) is 29.2 Å². The molecule has 4 aromatic carbocycles. The summed E-state index contributed by atoms with van der Waals surface area (Å²) < 4.78 is 26.1. The van der Waals surface area contributed by atoms with Crippen LogP contribution in [-0.4, -0.2) is 84.5 Å². The number of rotatable bonds is 7. The molecule has 0 unspecified atom stereocenters. The zero-order chi connectivity index (χ0) is 37.2. The van der Waals surface area contributed by atoms with Crippen LogP contribution < -0.4 is 20.7 Å². The van der Waals surface area contributed by atoms with Crippen molar-refractivity contribution in [1.82, 2.24) is 9.80 Å². The second-order valence-electron chi connectivity index (χ2n) is 13.4. The average molecular weight is 714 g/mol. The lowest BCUT2D eigenvalue weighted by atomic mass is 10.0. The topological polar surface area (TPSA) is 132 Å². The lowest BCUT2D eigenvalue weighted by Gasteiger charge is -2.35. The Morgan fingerprint density at radius 3 is 2.46 bits per heavy atom. The Hall–Kier alpha value is -5.20. The predicted octanol–water partition coefficient (Wildman–Crippen LogP) is 7.58. The molecule has 0 spiro atoms. The highest BCUT2D eigenvalue weighted by Gasteiger charge is 2.31. The van der Waals surface area contributed by atoms with Gasteiger partial charge in [0.2, 0.25) is 0 Å². The first-order chi connectivity index (χ1) is 25.0. The maximum Gasteiger partial charge on any atom is 0.323 e. The molecule has 5 amide bonds. The van der Waals surface area contributed by atoms with Crippen molar-refractivity contribution in [2.45, 2.75) is 58.3 Å². The summed E-state index contributed by atoms with van der Waals surface area (Å²) >= 11 is 0. The minimum Gasteiger partial charge on any atom is -0.490 e. The number of hydrogen-bond acceptors (Lipinski definition) is 6. The number of halogens is 1. The van der Waals surface area contributed by atoms with Gasteiger partial charge in [-0.15, -0.1) is 0 Å². The smallest absolute Gasteiger partial charge is 0.323 e. The summed E-state index contributed by atoms with van der Waals surface area (Å²) in [6.07, 6.45) is 1.62. The first-order valence-electron chi connectivity index (χ1n) is 17.7. The lowest BCUT2D eigenvalue weighted by molar-refractivity contribution is -0.0115. The van der Waals surface area contributed by atoms with Crippen molar-refractivity contribution < 1.29 is 33.4 Å². The summed E-state index contributed by atoms with van der Waals surface area (Å²) in [7, 11) is 1.65. The van der Waals surface area contributed by atoms with Crippen molar-refractivity contribution >= 4 is 45.8 Å². The first-order valence-corrected chi connectivity index (χ1v) is 17.7. The fourth-order valence-corrected chi connectivity index (χ4v) is 6.19. The molecule has 0 bridgehead atoms. The third-order valence-corrected chi connectivity index (χ3v) is 9.24. The molecular weight excluding hydrogens is 665 g/mol. The average Bonchev–Trinajstić information content (AvgIpc) is 3.13. The number of benzene rings is 4. The second kappa shape index (κ2) is 17.8. The summed E-state index contributed by atoms with van der Waals surface area (Å²) in [5.74, 6) is -0.671. The molecule has 1 aliphatic heterocycles. The van der Waals surface area contributed by atoms with Crippen LogP contribution in [0.5, 0.6) is 5.75 Å². The van der Waals surface area contributed by atoms with E-state index in [0.29, 0.717) is 35.8 Å². The van der Waals surface area contributed by atoms with E-state index in [0.717, 1.165) is 23.6 Å². The number of hydrogen-bond donors (Lipinski definition) is 4. The molecule has 0 aliphatic carbocycles. The molecule has 1 aliphatic rings. The number of nitrogens with zero attached hydrogens (tertiary/aromatic N) is 2. The van der Waals surface area contributed by atoms with Crippen LogP contribution in [0.3, 0.4) is 0 Å². The Balaban J connectivity index is 1.37. The zero-order valence-corrected chi connectivity index (χ0v) is 30.1. The zero-order valence-electron chi connectivity index (χ0n) is 30.1. The Bertz CT molecular complexity index is 1830. The van der Waals surface area contributed by atoms with Gasteiger partial charge in [-0.25, -0.2) is 14.0 Å². The maximum atomic E-state index is 14.5. The molecule has 276 valence electrons. The molecular formula is C40H48FN5O6. The Kier molecular flexibility index (Phi) is 13.0. The molecule has 0 saturated carbocycles. The SMILES string of the molecule is C[C@@H]1CCCCO[C@@H](CN(C)C(=O)Nc2ccc(F)cc2)[C@H](C)CN([C@@H](C)CO)C(=O)c2cc(NC(=O)Nc3cccc4ccccc34)ccc2O1. The van der Waals surface area contributed by atoms with E-state index in [1.807, 2.05) is 56.3 Å².